The highest BCUT2D eigenvalue weighted by Crippen LogP contribution is 2.08. The van der Waals surface area contributed by atoms with Crippen LogP contribution in [0.3, 0.4) is 0 Å². The van der Waals surface area contributed by atoms with Gasteiger partial charge in [0.05, 0.1) is 6.04 Å². The van der Waals surface area contributed by atoms with Crippen molar-refractivity contribution in [2.24, 2.45) is 0 Å². The van der Waals surface area contributed by atoms with Crippen molar-refractivity contribution in [1.29, 1.82) is 0 Å². The van der Waals surface area contributed by atoms with E-state index in [9.17, 15) is 0 Å². The zero-order chi connectivity index (χ0) is 10.5. The minimum Gasteiger partial charge on any atom is -0.383 e. The molecule has 0 amide bonds. The number of nitrogens with zero attached hydrogens (tertiary/aromatic N) is 2. The molecule has 3 heteroatoms. The molecule has 0 saturated heterocycles. The highest BCUT2D eigenvalue weighted by atomic mass is 15.3. The van der Waals surface area contributed by atoms with E-state index >= 15 is 0 Å². The Labute approximate surface area is 89.7 Å². The van der Waals surface area contributed by atoms with Crippen molar-refractivity contribution in [3.8, 4) is 0 Å². The zero-order valence-corrected chi connectivity index (χ0v) is 8.80. The topological polar surface area (TPSA) is 29.9 Å². The van der Waals surface area contributed by atoms with Crippen molar-refractivity contribution < 1.29 is 0 Å². The molecule has 1 N–H and O–H groups in total. The molecule has 1 unspecified atom stereocenters. The first-order chi connectivity index (χ1) is 7.36. The number of nitrogens with one attached hydrogen (secondary N) is 1. The first kappa shape index (κ1) is 9.77. The minimum atomic E-state index is 0.361. The lowest BCUT2D eigenvalue weighted by Crippen LogP contribution is -2.16. The fraction of sp³-hybridized carbons (Fsp3) is 0.250. The second-order valence-electron chi connectivity index (χ2n) is 3.58. The first-order valence-corrected chi connectivity index (χ1v) is 5.14. The van der Waals surface area contributed by atoms with Crippen molar-refractivity contribution >= 4 is 5.69 Å². The van der Waals surface area contributed by atoms with E-state index in [4.69, 9.17) is 0 Å². The van der Waals surface area contributed by atoms with Crippen LogP contribution in [0.25, 0.3) is 0 Å². The number of aromatic nitrogens is 2. The summed E-state index contributed by atoms with van der Waals surface area (Å²) in [5, 5.41) is 7.58. The standard InChI is InChI=1S/C12H15N3/c1-11(15-9-5-8-14-15)10-13-12-6-3-2-4-7-12/h2-9,11,13H,10H2,1H3. The lowest BCUT2D eigenvalue weighted by molar-refractivity contribution is 0.512. The van der Waals surface area contributed by atoms with Crippen LogP contribution < -0.4 is 5.32 Å². The Kier molecular flexibility index (Phi) is 3.02. The average Bonchev–Trinajstić information content (AvgIpc) is 2.81. The Balaban J connectivity index is 1.89. The van der Waals surface area contributed by atoms with Gasteiger partial charge in [-0.25, -0.2) is 0 Å². The smallest absolute Gasteiger partial charge is 0.0663 e. The van der Waals surface area contributed by atoms with Gasteiger partial charge >= 0.3 is 0 Å². The van der Waals surface area contributed by atoms with Crippen molar-refractivity contribution in [2.75, 3.05) is 11.9 Å². The maximum absolute atomic E-state index is 4.21. The normalized spacial score (nSPS) is 12.3. The summed E-state index contributed by atoms with van der Waals surface area (Å²) in [5.41, 5.74) is 1.15. The number of para-hydroxylation sites is 1. The molecule has 1 heterocycles. The van der Waals surface area contributed by atoms with Crippen LogP contribution in [-0.2, 0) is 0 Å². The number of hydrogen-bond acceptors (Lipinski definition) is 2. The van der Waals surface area contributed by atoms with Gasteiger partial charge in [-0.05, 0) is 25.1 Å². The van der Waals surface area contributed by atoms with Crippen LogP contribution in [0.5, 0.6) is 0 Å². The molecule has 1 aromatic carbocycles. The van der Waals surface area contributed by atoms with Crippen LogP contribution in [-0.4, -0.2) is 16.3 Å². The third kappa shape index (κ3) is 2.59. The van der Waals surface area contributed by atoms with Crippen LogP contribution in [0.2, 0.25) is 0 Å². The van der Waals surface area contributed by atoms with E-state index < -0.39 is 0 Å². The molecular formula is C12H15N3. The fourth-order valence-corrected chi connectivity index (χ4v) is 1.46. The van der Waals surface area contributed by atoms with Gasteiger partial charge in [-0.1, -0.05) is 18.2 Å². The molecule has 78 valence electrons. The molecule has 3 nitrogen and oxygen atoms in total. The van der Waals surface area contributed by atoms with Gasteiger partial charge in [0, 0.05) is 24.6 Å². The summed E-state index contributed by atoms with van der Waals surface area (Å²) in [4.78, 5) is 0. The van der Waals surface area contributed by atoms with Crippen molar-refractivity contribution in [1.82, 2.24) is 9.78 Å². The second kappa shape index (κ2) is 4.64. The molecule has 0 spiro atoms. The molecule has 0 aliphatic heterocycles. The van der Waals surface area contributed by atoms with Gasteiger partial charge in [0.15, 0.2) is 0 Å². The molecular weight excluding hydrogens is 186 g/mol. The molecule has 0 saturated carbocycles. The summed E-state index contributed by atoms with van der Waals surface area (Å²) < 4.78 is 1.95. The molecule has 2 rings (SSSR count). The molecule has 0 aliphatic rings. The number of benzene rings is 1. The summed E-state index contributed by atoms with van der Waals surface area (Å²) in [6.07, 6.45) is 3.79. The van der Waals surface area contributed by atoms with Gasteiger partial charge in [-0.2, -0.15) is 5.10 Å². The van der Waals surface area contributed by atoms with Gasteiger partial charge in [0.1, 0.15) is 0 Å². The van der Waals surface area contributed by atoms with Crippen LogP contribution in [0, 0.1) is 0 Å². The second-order valence-corrected chi connectivity index (χ2v) is 3.58. The van der Waals surface area contributed by atoms with Gasteiger partial charge < -0.3 is 5.32 Å². The Hall–Kier alpha value is -1.77. The van der Waals surface area contributed by atoms with Crippen LogP contribution in [0.1, 0.15) is 13.0 Å². The van der Waals surface area contributed by atoms with Crippen LogP contribution in [0.15, 0.2) is 48.8 Å². The number of rotatable bonds is 4. The van der Waals surface area contributed by atoms with Gasteiger partial charge in [0.25, 0.3) is 0 Å². The fourth-order valence-electron chi connectivity index (χ4n) is 1.46. The molecule has 15 heavy (non-hydrogen) atoms. The van der Waals surface area contributed by atoms with Gasteiger partial charge in [0.2, 0.25) is 0 Å². The molecule has 2 aromatic rings. The summed E-state index contributed by atoms with van der Waals surface area (Å²) in [5.74, 6) is 0. The highest BCUT2D eigenvalue weighted by molar-refractivity contribution is 5.42. The SMILES string of the molecule is CC(CNc1ccccc1)n1cccn1. The van der Waals surface area contributed by atoms with Crippen molar-refractivity contribution in [2.45, 2.75) is 13.0 Å². The quantitative estimate of drug-likeness (QED) is 0.823. The lowest BCUT2D eigenvalue weighted by Gasteiger charge is -2.13. The molecule has 0 aliphatic carbocycles. The Bertz CT molecular complexity index is 381. The maximum Gasteiger partial charge on any atom is 0.0663 e. The maximum atomic E-state index is 4.21. The van der Waals surface area contributed by atoms with E-state index in [-0.39, 0.29) is 0 Å². The zero-order valence-electron chi connectivity index (χ0n) is 8.80. The van der Waals surface area contributed by atoms with Crippen molar-refractivity contribution in [3.05, 3.63) is 48.8 Å². The largest absolute Gasteiger partial charge is 0.383 e. The van der Waals surface area contributed by atoms with E-state index in [1.54, 1.807) is 6.20 Å². The summed E-state index contributed by atoms with van der Waals surface area (Å²) in [6, 6.07) is 12.5. The Morgan fingerprint density at radius 3 is 2.73 bits per heavy atom. The Morgan fingerprint density at radius 1 is 1.27 bits per heavy atom. The molecule has 1 aromatic heterocycles. The molecule has 0 bridgehead atoms. The summed E-state index contributed by atoms with van der Waals surface area (Å²) in [7, 11) is 0. The number of hydrogen-bond donors (Lipinski definition) is 1. The predicted octanol–water partition coefficient (Wildman–Crippen LogP) is 2.56. The minimum absolute atomic E-state index is 0.361. The van der Waals surface area contributed by atoms with Gasteiger partial charge in [-0.15, -0.1) is 0 Å². The van der Waals surface area contributed by atoms with E-state index in [0.717, 1.165) is 12.2 Å². The average molecular weight is 201 g/mol. The van der Waals surface area contributed by atoms with Crippen LogP contribution in [0.4, 0.5) is 5.69 Å². The van der Waals surface area contributed by atoms with E-state index in [0.29, 0.717) is 6.04 Å². The summed E-state index contributed by atoms with van der Waals surface area (Å²) >= 11 is 0. The molecule has 0 fully saturated rings. The highest BCUT2D eigenvalue weighted by Gasteiger charge is 2.02. The molecule has 1 atom stereocenters. The third-order valence-corrected chi connectivity index (χ3v) is 2.35. The number of anilines is 1. The molecule has 0 radical (unpaired) electrons. The lowest BCUT2D eigenvalue weighted by atomic mass is 10.3. The predicted molar refractivity (Wildman–Crippen MR) is 61.9 cm³/mol. The first-order valence-electron chi connectivity index (χ1n) is 5.14. The van der Waals surface area contributed by atoms with E-state index in [2.05, 4.69) is 29.5 Å². The van der Waals surface area contributed by atoms with Gasteiger partial charge in [-0.3, -0.25) is 4.68 Å². The third-order valence-electron chi connectivity index (χ3n) is 2.35. The van der Waals surface area contributed by atoms with Crippen LogP contribution >= 0.6 is 0 Å². The Morgan fingerprint density at radius 2 is 2.07 bits per heavy atom. The van der Waals surface area contributed by atoms with E-state index in [1.807, 2.05) is 35.1 Å². The monoisotopic (exact) mass is 201 g/mol. The van der Waals surface area contributed by atoms with E-state index in [1.165, 1.54) is 0 Å². The summed E-state index contributed by atoms with van der Waals surface area (Å²) in [6.45, 7) is 3.02. The van der Waals surface area contributed by atoms with Crippen molar-refractivity contribution in [3.63, 3.8) is 0 Å².